The van der Waals surface area contributed by atoms with Crippen LogP contribution in [0.15, 0.2) is 18.2 Å². The number of carbonyl (C=O) groups excluding carboxylic acids is 2. The molecule has 0 spiro atoms. The van der Waals surface area contributed by atoms with Crippen LogP contribution in [0.3, 0.4) is 0 Å². The van der Waals surface area contributed by atoms with Crippen LogP contribution in [-0.4, -0.2) is 37.2 Å². The zero-order chi connectivity index (χ0) is 23.1. The highest BCUT2D eigenvalue weighted by Gasteiger charge is 2.52. The van der Waals surface area contributed by atoms with E-state index in [0.29, 0.717) is 6.42 Å². The van der Waals surface area contributed by atoms with Gasteiger partial charge in [0.05, 0.1) is 20.3 Å². The Morgan fingerprint density at radius 3 is 1.97 bits per heavy atom. The molecule has 7 heteroatoms. The average molecular weight is 439 g/mol. The zero-order valence-electron chi connectivity index (χ0n) is 19.4. The molecule has 3 atom stereocenters. The summed E-state index contributed by atoms with van der Waals surface area (Å²) in [5.74, 6) is -0.949. The van der Waals surface area contributed by atoms with Crippen molar-refractivity contribution in [2.24, 2.45) is 11.3 Å². The molecule has 1 aromatic carbocycles. The van der Waals surface area contributed by atoms with Gasteiger partial charge in [0.25, 0.3) is 0 Å². The van der Waals surface area contributed by atoms with Crippen LogP contribution in [0, 0.1) is 11.3 Å². The Balaban J connectivity index is 3.58. The minimum absolute atomic E-state index is 0.0171. The summed E-state index contributed by atoms with van der Waals surface area (Å²) in [6.07, 6.45) is 1.02. The molecule has 0 heterocycles. The second-order valence-electron chi connectivity index (χ2n) is 9.02. The molecule has 0 aromatic heterocycles. The number of ketones is 1. The molecule has 3 unspecified atom stereocenters. The van der Waals surface area contributed by atoms with Crippen molar-refractivity contribution in [1.29, 1.82) is 0 Å². The summed E-state index contributed by atoms with van der Waals surface area (Å²) in [4.78, 5) is 27.1. The first-order valence-corrected chi connectivity index (χ1v) is 11.1. The number of Topliss-reactive ketones (excluding diaryl/α,β-unsaturated/α-hetero) is 1. The summed E-state index contributed by atoms with van der Waals surface area (Å²) < 4.78 is 28.8. The lowest BCUT2D eigenvalue weighted by molar-refractivity contribution is -0.150. The fourth-order valence-corrected chi connectivity index (χ4v) is 4.36. The van der Waals surface area contributed by atoms with E-state index in [9.17, 15) is 14.2 Å². The molecule has 0 aliphatic rings. The molecule has 0 aliphatic heterocycles. The molecule has 0 fully saturated rings. The van der Waals surface area contributed by atoms with Crippen LogP contribution in [0.2, 0.25) is 0 Å². The number of hydrogen-bond acceptors (Lipinski definition) is 6. The molecule has 1 rings (SSSR count). The number of benzene rings is 1. The summed E-state index contributed by atoms with van der Waals surface area (Å²) in [6, 6.07) is 4.91. The Bertz CT molecular complexity index is 732. The second kappa shape index (κ2) is 10.9. The predicted octanol–water partition coefficient (Wildman–Crippen LogP) is 5.72. The first kappa shape index (κ1) is 26.1. The van der Waals surface area contributed by atoms with Crippen LogP contribution in [0.1, 0.15) is 71.2 Å². The zero-order valence-corrected chi connectivity index (χ0v) is 20.3. The lowest BCUT2D eigenvalue weighted by Crippen LogP contribution is -2.45. The quantitative estimate of drug-likeness (QED) is 0.190. The number of ether oxygens (including phenoxy) is 3. The van der Waals surface area contributed by atoms with Gasteiger partial charge in [-0.2, -0.15) is 0 Å². The van der Waals surface area contributed by atoms with E-state index in [-0.39, 0.29) is 34.8 Å². The normalized spacial score (nSPS) is 15.7. The molecule has 0 radical (unpaired) electrons. The molecular formula is C23H35O6P. The third-order valence-corrected chi connectivity index (χ3v) is 5.89. The largest absolute Gasteiger partial charge is 0.496 e. The van der Waals surface area contributed by atoms with Gasteiger partial charge in [-0.3, -0.25) is 14.2 Å². The minimum Gasteiger partial charge on any atom is -0.496 e. The van der Waals surface area contributed by atoms with E-state index in [4.69, 9.17) is 14.2 Å². The molecule has 6 nitrogen and oxygen atoms in total. The first-order valence-electron chi connectivity index (χ1n) is 10.3. The SMILES string of the molecule is CCC(C)OC(=O)C(CC(C)CC(C)(C)C)(P=O)C(=O)c1c(OC)cccc1OC. The summed E-state index contributed by atoms with van der Waals surface area (Å²) in [5, 5.41) is -1.88. The van der Waals surface area contributed by atoms with E-state index < -0.39 is 31.5 Å². The Kier molecular flexibility index (Phi) is 9.48. The van der Waals surface area contributed by atoms with Crippen LogP contribution in [0.25, 0.3) is 0 Å². The monoisotopic (exact) mass is 438 g/mol. The average Bonchev–Trinajstić information content (AvgIpc) is 2.69. The lowest BCUT2D eigenvalue weighted by Gasteiger charge is -2.31. The minimum atomic E-state index is -1.88. The van der Waals surface area contributed by atoms with Crippen molar-refractivity contribution in [3.05, 3.63) is 23.8 Å². The van der Waals surface area contributed by atoms with Crippen molar-refractivity contribution in [2.75, 3.05) is 14.2 Å². The van der Waals surface area contributed by atoms with Gasteiger partial charge in [0.1, 0.15) is 17.1 Å². The van der Waals surface area contributed by atoms with Crippen LogP contribution >= 0.6 is 8.46 Å². The molecule has 168 valence electrons. The summed E-state index contributed by atoms with van der Waals surface area (Å²) in [5.41, 5.74) is 0.0754. The third-order valence-electron chi connectivity index (χ3n) is 5.01. The van der Waals surface area contributed by atoms with E-state index in [2.05, 4.69) is 20.8 Å². The fraction of sp³-hybridized carbons (Fsp3) is 0.652. The van der Waals surface area contributed by atoms with Gasteiger partial charge in [-0.15, -0.1) is 0 Å². The molecule has 0 bridgehead atoms. The van der Waals surface area contributed by atoms with Gasteiger partial charge in [-0.05, 0) is 49.7 Å². The topological polar surface area (TPSA) is 78.9 Å². The Labute approximate surface area is 181 Å². The highest BCUT2D eigenvalue weighted by atomic mass is 31.1. The molecule has 1 aromatic rings. The van der Waals surface area contributed by atoms with Gasteiger partial charge < -0.3 is 14.2 Å². The van der Waals surface area contributed by atoms with Crippen LogP contribution in [0.4, 0.5) is 0 Å². The van der Waals surface area contributed by atoms with Gasteiger partial charge in [0, 0.05) is 0 Å². The standard InChI is InChI=1S/C23H35O6P/c1-9-16(3)29-21(25)23(30-26,14-15(2)13-22(4,5)6)20(24)19-17(27-7)11-10-12-18(19)28-8/h10-12,15-16H,9,13-14H2,1-8H3. The Morgan fingerprint density at radius 2 is 1.57 bits per heavy atom. The van der Waals surface area contributed by atoms with Gasteiger partial charge in [0.2, 0.25) is 5.16 Å². The van der Waals surface area contributed by atoms with Crippen molar-refractivity contribution >= 4 is 20.2 Å². The Hall–Kier alpha value is -1.94. The van der Waals surface area contributed by atoms with Crippen LogP contribution < -0.4 is 9.47 Å². The number of rotatable bonds is 11. The maximum atomic E-state index is 13.8. The van der Waals surface area contributed by atoms with Crippen LogP contribution in [0.5, 0.6) is 11.5 Å². The lowest BCUT2D eigenvalue weighted by atomic mass is 9.79. The predicted molar refractivity (Wildman–Crippen MR) is 118 cm³/mol. The van der Waals surface area contributed by atoms with Gasteiger partial charge in [0.15, 0.2) is 14.2 Å². The fourth-order valence-electron chi connectivity index (χ4n) is 3.65. The van der Waals surface area contributed by atoms with Crippen molar-refractivity contribution < 1.29 is 28.4 Å². The van der Waals surface area contributed by atoms with Crippen molar-refractivity contribution in [3.8, 4) is 11.5 Å². The smallest absolute Gasteiger partial charge is 0.332 e. The number of carbonyl (C=O) groups is 2. The molecule has 0 saturated carbocycles. The van der Waals surface area contributed by atoms with E-state index in [0.717, 1.165) is 6.42 Å². The first-order chi connectivity index (χ1) is 14.0. The van der Waals surface area contributed by atoms with E-state index in [1.165, 1.54) is 14.2 Å². The second-order valence-corrected chi connectivity index (χ2v) is 9.96. The van der Waals surface area contributed by atoms with Crippen molar-refractivity contribution in [2.45, 2.75) is 72.1 Å². The van der Waals surface area contributed by atoms with Crippen molar-refractivity contribution in [1.82, 2.24) is 0 Å². The molecule has 0 aliphatic carbocycles. The maximum Gasteiger partial charge on any atom is 0.332 e. The van der Waals surface area contributed by atoms with Crippen LogP contribution in [-0.2, 0) is 14.1 Å². The third kappa shape index (κ3) is 6.28. The highest BCUT2D eigenvalue weighted by molar-refractivity contribution is 7.30. The summed E-state index contributed by atoms with van der Waals surface area (Å²) >= 11 is 0. The number of hydrogen-bond donors (Lipinski definition) is 0. The molecule has 0 amide bonds. The summed E-state index contributed by atoms with van der Waals surface area (Å²) in [7, 11) is 2.26. The molecule has 0 saturated heterocycles. The molecular weight excluding hydrogens is 403 g/mol. The maximum absolute atomic E-state index is 13.8. The van der Waals surface area contributed by atoms with Gasteiger partial charge in [-0.25, -0.2) is 0 Å². The van der Waals surface area contributed by atoms with Crippen molar-refractivity contribution in [3.63, 3.8) is 0 Å². The van der Waals surface area contributed by atoms with Gasteiger partial charge in [-0.1, -0.05) is 40.7 Å². The summed E-state index contributed by atoms with van der Waals surface area (Å²) in [6.45, 7) is 11.8. The van der Waals surface area contributed by atoms with E-state index >= 15 is 0 Å². The Morgan fingerprint density at radius 1 is 1.03 bits per heavy atom. The number of methoxy groups -OCH3 is 2. The molecule has 30 heavy (non-hydrogen) atoms. The van der Waals surface area contributed by atoms with Gasteiger partial charge >= 0.3 is 5.97 Å². The molecule has 0 N–H and O–H groups in total. The highest BCUT2D eigenvalue weighted by Crippen LogP contribution is 2.43. The number of esters is 1. The van der Waals surface area contributed by atoms with E-state index in [1.54, 1.807) is 25.1 Å². The van der Waals surface area contributed by atoms with E-state index in [1.807, 2.05) is 13.8 Å².